The second-order valence-corrected chi connectivity index (χ2v) is 6.04. The molecule has 4 heteroatoms. The van der Waals surface area contributed by atoms with Gasteiger partial charge in [-0.1, -0.05) is 40.5 Å². The molecule has 116 valence electrons. The molecule has 0 aliphatic rings. The van der Waals surface area contributed by atoms with Crippen molar-refractivity contribution in [3.05, 3.63) is 0 Å². The molecule has 3 nitrogen and oxygen atoms in total. The van der Waals surface area contributed by atoms with E-state index < -0.39 is 0 Å². The van der Waals surface area contributed by atoms with Crippen molar-refractivity contribution in [1.29, 1.82) is 0 Å². The fraction of sp³-hybridized carbons (Fsp3) is 0.933. The lowest BCUT2D eigenvalue weighted by atomic mass is 10.1. The predicted molar refractivity (Wildman–Crippen MR) is 85.6 cm³/mol. The Balaban J connectivity index is 0. The molecule has 0 spiro atoms. The van der Waals surface area contributed by atoms with Gasteiger partial charge in [-0.25, -0.2) is 0 Å². The molecular weight excluding hydrogens is 260 g/mol. The SMILES string of the molecule is CC(C)CN(CC(C)C)C(=O)CCCCCCN.Cl. The molecule has 0 aliphatic carbocycles. The smallest absolute Gasteiger partial charge is 0.222 e. The van der Waals surface area contributed by atoms with Gasteiger partial charge >= 0.3 is 0 Å². The number of hydrogen-bond donors (Lipinski definition) is 1. The molecule has 0 atom stereocenters. The van der Waals surface area contributed by atoms with Gasteiger partial charge in [0.25, 0.3) is 0 Å². The standard InChI is InChI=1S/C15H32N2O.ClH/c1-13(2)11-17(12-14(3)4)15(18)9-7-5-6-8-10-16;/h13-14H,5-12,16H2,1-4H3;1H. The van der Waals surface area contributed by atoms with E-state index in [1.54, 1.807) is 0 Å². The Morgan fingerprint density at radius 3 is 1.84 bits per heavy atom. The van der Waals surface area contributed by atoms with Crippen molar-refractivity contribution < 1.29 is 4.79 Å². The lowest BCUT2D eigenvalue weighted by Crippen LogP contribution is -2.36. The van der Waals surface area contributed by atoms with Gasteiger partial charge in [0, 0.05) is 19.5 Å². The van der Waals surface area contributed by atoms with Gasteiger partial charge in [-0.2, -0.15) is 0 Å². The third-order valence-corrected chi connectivity index (χ3v) is 2.87. The molecule has 0 aromatic heterocycles. The maximum absolute atomic E-state index is 12.1. The summed E-state index contributed by atoms with van der Waals surface area (Å²) >= 11 is 0. The minimum atomic E-state index is 0. The van der Waals surface area contributed by atoms with Gasteiger partial charge in [0.1, 0.15) is 0 Å². The van der Waals surface area contributed by atoms with Crippen molar-refractivity contribution in [3.63, 3.8) is 0 Å². The first-order valence-corrected chi connectivity index (χ1v) is 7.45. The number of nitrogens with two attached hydrogens (primary N) is 1. The van der Waals surface area contributed by atoms with Crippen LogP contribution in [0.15, 0.2) is 0 Å². The van der Waals surface area contributed by atoms with Crippen LogP contribution >= 0.6 is 12.4 Å². The second-order valence-electron chi connectivity index (χ2n) is 6.04. The summed E-state index contributed by atoms with van der Waals surface area (Å²) in [5.41, 5.74) is 5.45. The summed E-state index contributed by atoms with van der Waals surface area (Å²) in [5.74, 6) is 1.42. The van der Waals surface area contributed by atoms with Crippen LogP contribution in [-0.4, -0.2) is 30.4 Å². The Labute approximate surface area is 125 Å². The van der Waals surface area contributed by atoms with Gasteiger partial charge in [0.05, 0.1) is 0 Å². The molecule has 0 radical (unpaired) electrons. The monoisotopic (exact) mass is 292 g/mol. The van der Waals surface area contributed by atoms with Crippen LogP contribution in [0.3, 0.4) is 0 Å². The molecule has 0 rings (SSSR count). The fourth-order valence-electron chi connectivity index (χ4n) is 2.09. The molecule has 0 saturated carbocycles. The zero-order chi connectivity index (χ0) is 14.0. The van der Waals surface area contributed by atoms with E-state index in [-0.39, 0.29) is 12.4 Å². The van der Waals surface area contributed by atoms with Gasteiger partial charge < -0.3 is 10.6 Å². The summed E-state index contributed by atoms with van der Waals surface area (Å²) in [4.78, 5) is 14.2. The third kappa shape index (κ3) is 12.5. The van der Waals surface area contributed by atoms with E-state index in [1.165, 1.54) is 0 Å². The topological polar surface area (TPSA) is 46.3 Å². The number of carbonyl (C=O) groups excluding carboxylic acids is 1. The number of amides is 1. The van der Waals surface area contributed by atoms with E-state index in [1.807, 2.05) is 4.90 Å². The third-order valence-electron chi connectivity index (χ3n) is 2.87. The Morgan fingerprint density at radius 1 is 0.947 bits per heavy atom. The average Bonchev–Trinajstić information content (AvgIpc) is 2.26. The first-order valence-electron chi connectivity index (χ1n) is 7.45. The molecule has 0 fully saturated rings. The maximum Gasteiger partial charge on any atom is 0.222 e. The van der Waals surface area contributed by atoms with E-state index in [9.17, 15) is 4.79 Å². The molecule has 0 aromatic rings. The zero-order valence-corrected chi connectivity index (χ0v) is 14.0. The molecule has 19 heavy (non-hydrogen) atoms. The normalized spacial score (nSPS) is 10.7. The van der Waals surface area contributed by atoms with Crippen LogP contribution in [0.25, 0.3) is 0 Å². The Bertz CT molecular complexity index is 210. The number of unbranched alkanes of at least 4 members (excludes halogenated alkanes) is 3. The van der Waals surface area contributed by atoms with Gasteiger partial charge in [0.15, 0.2) is 0 Å². The van der Waals surface area contributed by atoms with E-state index in [0.717, 1.165) is 45.3 Å². The molecule has 0 bridgehead atoms. The largest absolute Gasteiger partial charge is 0.342 e. The zero-order valence-electron chi connectivity index (χ0n) is 13.2. The van der Waals surface area contributed by atoms with Crippen LogP contribution in [-0.2, 0) is 4.79 Å². The van der Waals surface area contributed by atoms with Crippen LogP contribution in [0.4, 0.5) is 0 Å². The lowest BCUT2D eigenvalue weighted by Gasteiger charge is -2.26. The number of nitrogens with zero attached hydrogens (tertiary/aromatic N) is 1. The molecule has 0 saturated heterocycles. The number of rotatable bonds is 10. The van der Waals surface area contributed by atoms with Gasteiger partial charge in [-0.15, -0.1) is 12.4 Å². The Kier molecular flexibility index (Phi) is 14.1. The van der Waals surface area contributed by atoms with Gasteiger partial charge in [-0.3, -0.25) is 4.79 Å². The summed E-state index contributed by atoms with van der Waals surface area (Å²) in [7, 11) is 0. The van der Waals surface area contributed by atoms with E-state index in [0.29, 0.717) is 24.2 Å². The summed E-state index contributed by atoms with van der Waals surface area (Å²) in [6.45, 7) is 11.2. The fourth-order valence-corrected chi connectivity index (χ4v) is 2.09. The minimum Gasteiger partial charge on any atom is -0.342 e. The quantitative estimate of drug-likeness (QED) is 0.627. The molecular formula is C15H33ClN2O. The van der Waals surface area contributed by atoms with Crippen molar-refractivity contribution >= 4 is 18.3 Å². The van der Waals surface area contributed by atoms with Crippen LogP contribution in [0.2, 0.25) is 0 Å². The van der Waals surface area contributed by atoms with Crippen LogP contribution in [0.5, 0.6) is 0 Å². The van der Waals surface area contributed by atoms with Gasteiger partial charge in [0.2, 0.25) is 5.91 Å². The number of hydrogen-bond acceptors (Lipinski definition) is 2. The van der Waals surface area contributed by atoms with Crippen molar-refractivity contribution in [2.24, 2.45) is 17.6 Å². The Morgan fingerprint density at radius 2 is 1.42 bits per heavy atom. The first kappa shape index (κ1) is 21.0. The Hall–Kier alpha value is -0.280. The van der Waals surface area contributed by atoms with Crippen LogP contribution < -0.4 is 5.73 Å². The summed E-state index contributed by atoms with van der Waals surface area (Å²) in [6, 6.07) is 0. The maximum atomic E-state index is 12.1. The van der Waals surface area contributed by atoms with Crippen molar-refractivity contribution in [1.82, 2.24) is 4.90 Å². The molecule has 1 amide bonds. The highest BCUT2D eigenvalue weighted by Gasteiger charge is 2.15. The van der Waals surface area contributed by atoms with E-state index in [4.69, 9.17) is 5.73 Å². The average molecular weight is 293 g/mol. The van der Waals surface area contributed by atoms with Crippen molar-refractivity contribution in [2.45, 2.75) is 59.8 Å². The summed E-state index contributed by atoms with van der Waals surface area (Å²) in [6.07, 6.45) is 5.06. The molecule has 0 aromatic carbocycles. The molecule has 2 N–H and O–H groups in total. The first-order chi connectivity index (χ1) is 8.47. The predicted octanol–water partition coefficient (Wildman–Crippen LogP) is 3.46. The summed E-state index contributed by atoms with van der Waals surface area (Å²) in [5, 5.41) is 0. The minimum absolute atomic E-state index is 0. The number of carbonyl (C=O) groups is 1. The van der Waals surface area contributed by atoms with E-state index in [2.05, 4.69) is 27.7 Å². The highest BCUT2D eigenvalue weighted by Crippen LogP contribution is 2.09. The molecule has 0 aliphatic heterocycles. The lowest BCUT2D eigenvalue weighted by molar-refractivity contribution is -0.132. The molecule has 0 unspecified atom stereocenters. The molecule has 0 heterocycles. The summed E-state index contributed by atoms with van der Waals surface area (Å²) < 4.78 is 0. The number of halogens is 1. The second kappa shape index (κ2) is 12.7. The highest BCUT2D eigenvalue weighted by molar-refractivity contribution is 5.85. The van der Waals surface area contributed by atoms with E-state index >= 15 is 0 Å². The highest BCUT2D eigenvalue weighted by atomic mass is 35.5. The van der Waals surface area contributed by atoms with Gasteiger partial charge in [-0.05, 0) is 31.2 Å². The van der Waals surface area contributed by atoms with Crippen LogP contribution in [0.1, 0.15) is 59.8 Å². The van der Waals surface area contributed by atoms with Crippen molar-refractivity contribution in [3.8, 4) is 0 Å². The van der Waals surface area contributed by atoms with Crippen LogP contribution in [0, 0.1) is 11.8 Å². The van der Waals surface area contributed by atoms with Crippen molar-refractivity contribution in [2.75, 3.05) is 19.6 Å².